The number of likely N-dealkylation sites (tertiary alicyclic amines) is 1. The molecule has 2 aliphatic heterocycles. The zero-order chi connectivity index (χ0) is 21.5. The van der Waals surface area contributed by atoms with Crippen LogP contribution < -0.4 is 10.1 Å². The van der Waals surface area contributed by atoms with Crippen molar-refractivity contribution in [2.45, 2.75) is 56.6 Å². The molecular formula is C26H28N4O2. The highest BCUT2D eigenvalue weighted by Crippen LogP contribution is 2.41. The standard InChI is InChI=1S/C26H28N4O2/c31-25(22-17-27-29-23-7-2-1-6-21(22)23)28-19-8-9-24-18(16-19)10-11-26(32-24)12-14-30(15-13-26)20-4-3-5-20/h1-2,6-9,16-17,20H,3-5,10-15H2,(H,28,31). The van der Waals surface area contributed by atoms with Crippen LogP contribution in [0.5, 0.6) is 5.75 Å². The van der Waals surface area contributed by atoms with Gasteiger partial charge in [-0.25, -0.2) is 0 Å². The molecule has 0 atom stereocenters. The zero-order valence-electron chi connectivity index (χ0n) is 18.2. The summed E-state index contributed by atoms with van der Waals surface area (Å²) in [6, 6.07) is 14.4. The first-order valence-electron chi connectivity index (χ1n) is 11.8. The Balaban J connectivity index is 1.16. The van der Waals surface area contributed by atoms with Crippen LogP contribution in [-0.4, -0.2) is 45.7 Å². The number of aryl methyl sites for hydroxylation is 1. The van der Waals surface area contributed by atoms with E-state index in [-0.39, 0.29) is 11.5 Å². The molecule has 6 rings (SSSR count). The van der Waals surface area contributed by atoms with Crippen LogP contribution in [0, 0.1) is 0 Å². The molecule has 164 valence electrons. The smallest absolute Gasteiger partial charge is 0.257 e. The maximum absolute atomic E-state index is 12.9. The summed E-state index contributed by atoms with van der Waals surface area (Å²) in [5.41, 5.74) is 3.19. The molecule has 6 nitrogen and oxygen atoms in total. The predicted molar refractivity (Wildman–Crippen MR) is 124 cm³/mol. The van der Waals surface area contributed by atoms with E-state index in [1.54, 1.807) is 0 Å². The van der Waals surface area contributed by atoms with Crippen LogP contribution in [0.15, 0.2) is 48.7 Å². The Morgan fingerprint density at radius 2 is 1.94 bits per heavy atom. The fourth-order valence-electron chi connectivity index (χ4n) is 5.39. The molecule has 2 fully saturated rings. The number of anilines is 1. The van der Waals surface area contributed by atoms with Crippen LogP contribution in [0.2, 0.25) is 0 Å². The summed E-state index contributed by atoms with van der Waals surface area (Å²) in [6.07, 6.45) is 9.93. The highest BCUT2D eigenvalue weighted by atomic mass is 16.5. The highest BCUT2D eigenvalue weighted by molar-refractivity contribution is 6.12. The second-order valence-corrected chi connectivity index (χ2v) is 9.46. The van der Waals surface area contributed by atoms with Gasteiger partial charge in [0.1, 0.15) is 11.4 Å². The second kappa shape index (κ2) is 7.85. The number of nitrogens with one attached hydrogen (secondary N) is 1. The Bertz CT molecular complexity index is 1160. The van der Waals surface area contributed by atoms with Gasteiger partial charge in [-0.3, -0.25) is 4.79 Å². The average molecular weight is 429 g/mol. The molecule has 0 unspecified atom stereocenters. The molecule has 1 aromatic heterocycles. The number of amides is 1. The summed E-state index contributed by atoms with van der Waals surface area (Å²) in [7, 11) is 0. The van der Waals surface area contributed by atoms with Crippen molar-refractivity contribution < 1.29 is 9.53 Å². The van der Waals surface area contributed by atoms with Crippen LogP contribution in [0.25, 0.3) is 10.9 Å². The minimum absolute atomic E-state index is 0.0143. The molecule has 1 saturated carbocycles. The Morgan fingerprint density at radius 1 is 1.09 bits per heavy atom. The number of rotatable bonds is 3. The van der Waals surface area contributed by atoms with E-state index in [0.717, 1.165) is 61.6 Å². The van der Waals surface area contributed by atoms with E-state index in [9.17, 15) is 4.79 Å². The normalized spacial score (nSPS) is 20.4. The van der Waals surface area contributed by atoms with Crippen LogP contribution in [0.4, 0.5) is 5.69 Å². The van der Waals surface area contributed by atoms with Crippen molar-refractivity contribution in [1.82, 2.24) is 15.1 Å². The van der Waals surface area contributed by atoms with Gasteiger partial charge in [0.25, 0.3) is 5.91 Å². The van der Waals surface area contributed by atoms with Crippen molar-refractivity contribution in [3.63, 3.8) is 0 Å². The number of piperidine rings is 1. The van der Waals surface area contributed by atoms with E-state index in [1.165, 1.54) is 31.0 Å². The lowest BCUT2D eigenvalue weighted by Crippen LogP contribution is -2.53. The number of hydrogen-bond acceptors (Lipinski definition) is 5. The molecule has 3 aliphatic rings. The molecule has 32 heavy (non-hydrogen) atoms. The fraction of sp³-hybridized carbons (Fsp3) is 0.423. The Labute approximate surface area is 188 Å². The minimum atomic E-state index is -0.174. The molecular weight excluding hydrogens is 400 g/mol. The topological polar surface area (TPSA) is 67.4 Å². The molecule has 1 saturated heterocycles. The predicted octanol–water partition coefficient (Wildman–Crippen LogP) is 4.59. The number of aromatic nitrogens is 2. The maximum Gasteiger partial charge on any atom is 0.257 e. The van der Waals surface area contributed by atoms with E-state index >= 15 is 0 Å². The maximum atomic E-state index is 12.9. The third-order valence-corrected chi connectivity index (χ3v) is 7.59. The Hall–Kier alpha value is -2.99. The van der Waals surface area contributed by atoms with Crippen molar-refractivity contribution in [2.75, 3.05) is 18.4 Å². The van der Waals surface area contributed by atoms with Gasteiger partial charge in [-0.1, -0.05) is 24.6 Å². The summed E-state index contributed by atoms with van der Waals surface area (Å²) in [5, 5.41) is 11.9. The van der Waals surface area contributed by atoms with Gasteiger partial charge in [-0.15, -0.1) is 0 Å². The molecule has 0 bridgehead atoms. The number of carbonyl (C=O) groups is 1. The van der Waals surface area contributed by atoms with Gasteiger partial charge in [-0.2, -0.15) is 10.2 Å². The summed E-state index contributed by atoms with van der Waals surface area (Å²) in [5.74, 6) is 0.801. The largest absolute Gasteiger partial charge is 0.487 e. The van der Waals surface area contributed by atoms with E-state index < -0.39 is 0 Å². The second-order valence-electron chi connectivity index (χ2n) is 9.46. The van der Waals surface area contributed by atoms with Crippen molar-refractivity contribution in [2.24, 2.45) is 0 Å². The molecule has 3 aromatic rings. The highest BCUT2D eigenvalue weighted by Gasteiger charge is 2.41. The van der Waals surface area contributed by atoms with Gasteiger partial charge in [0.2, 0.25) is 0 Å². The van der Waals surface area contributed by atoms with Gasteiger partial charge in [0.05, 0.1) is 17.3 Å². The van der Waals surface area contributed by atoms with Gasteiger partial charge in [0, 0.05) is 30.2 Å². The molecule has 1 spiro atoms. The SMILES string of the molecule is O=C(Nc1ccc2c(c1)CCC1(CCN(C3CCC3)CC1)O2)c1cnnc2ccccc12. The van der Waals surface area contributed by atoms with E-state index in [4.69, 9.17) is 4.74 Å². The molecule has 3 heterocycles. The van der Waals surface area contributed by atoms with Crippen molar-refractivity contribution >= 4 is 22.5 Å². The van der Waals surface area contributed by atoms with Crippen LogP contribution in [-0.2, 0) is 6.42 Å². The first-order chi connectivity index (χ1) is 15.7. The first kappa shape index (κ1) is 19.7. The van der Waals surface area contributed by atoms with Crippen LogP contribution in [0.3, 0.4) is 0 Å². The monoisotopic (exact) mass is 428 g/mol. The number of ether oxygens (including phenoxy) is 1. The zero-order valence-corrected chi connectivity index (χ0v) is 18.2. The summed E-state index contributed by atoms with van der Waals surface area (Å²) >= 11 is 0. The summed E-state index contributed by atoms with van der Waals surface area (Å²) in [6.45, 7) is 2.31. The molecule has 6 heteroatoms. The first-order valence-corrected chi connectivity index (χ1v) is 11.8. The van der Waals surface area contributed by atoms with Crippen molar-refractivity contribution in [3.05, 3.63) is 59.8 Å². The lowest BCUT2D eigenvalue weighted by atomic mass is 9.81. The van der Waals surface area contributed by atoms with Crippen LogP contribution >= 0.6 is 0 Å². The molecule has 1 aliphatic carbocycles. The third-order valence-electron chi connectivity index (χ3n) is 7.59. The van der Waals surface area contributed by atoms with Crippen molar-refractivity contribution in [1.29, 1.82) is 0 Å². The minimum Gasteiger partial charge on any atom is -0.487 e. The number of hydrogen-bond donors (Lipinski definition) is 1. The number of benzene rings is 2. The Morgan fingerprint density at radius 3 is 2.75 bits per heavy atom. The summed E-state index contributed by atoms with van der Waals surface area (Å²) < 4.78 is 6.58. The van der Waals surface area contributed by atoms with Crippen molar-refractivity contribution in [3.8, 4) is 5.75 Å². The van der Waals surface area contributed by atoms with E-state index in [0.29, 0.717) is 11.1 Å². The van der Waals surface area contributed by atoms with Gasteiger partial charge < -0.3 is 15.0 Å². The average Bonchev–Trinajstić information content (AvgIpc) is 2.79. The lowest BCUT2D eigenvalue weighted by Gasteiger charge is -2.48. The van der Waals surface area contributed by atoms with E-state index in [2.05, 4.69) is 26.5 Å². The van der Waals surface area contributed by atoms with Gasteiger partial charge in [0.15, 0.2) is 0 Å². The van der Waals surface area contributed by atoms with Gasteiger partial charge >= 0.3 is 0 Å². The van der Waals surface area contributed by atoms with E-state index in [1.807, 2.05) is 36.4 Å². The molecule has 2 aromatic carbocycles. The number of fused-ring (bicyclic) bond motifs is 2. The lowest BCUT2D eigenvalue weighted by molar-refractivity contribution is -0.0336. The number of nitrogens with zero attached hydrogens (tertiary/aromatic N) is 3. The van der Waals surface area contributed by atoms with Gasteiger partial charge in [-0.05, 0) is 68.4 Å². The molecule has 1 amide bonds. The molecule has 1 N–H and O–H groups in total. The number of carbonyl (C=O) groups excluding carboxylic acids is 1. The fourth-order valence-corrected chi connectivity index (χ4v) is 5.39. The molecule has 0 radical (unpaired) electrons. The summed E-state index contributed by atoms with van der Waals surface area (Å²) in [4.78, 5) is 15.6. The Kier molecular flexibility index (Phi) is 4.83. The quantitative estimate of drug-likeness (QED) is 0.661. The third kappa shape index (κ3) is 3.52. The van der Waals surface area contributed by atoms with Crippen LogP contribution in [0.1, 0.15) is 54.4 Å².